The van der Waals surface area contributed by atoms with Crippen molar-refractivity contribution in [1.82, 2.24) is 15.1 Å². The predicted octanol–water partition coefficient (Wildman–Crippen LogP) is 1.84. The minimum atomic E-state index is -0.213. The van der Waals surface area contributed by atoms with E-state index in [1.54, 1.807) is 12.1 Å². The number of aromatic nitrogens is 2. The number of carbonyl (C=O) groups is 1. The summed E-state index contributed by atoms with van der Waals surface area (Å²) in [6.45, 7) is 2.44. The summed E-state index contributed by atoms with van der Waals surface area (Å²) in [6, 6.07) is 7.22. The SMILES string of the molecule is C#CCn1nc(CNC(=O)CCCC)c2ccccc2c1=O. The van der Waals surface area contributed by atoms with E-state index in [9.17, 15) is 9.59 Å². The summed E-state index contributed by atoms with van der Waals surface area (Å²) in [5.41, 5.74) is 0.435. The van der Waals surface area contributed by atoms with Crippen molar-refractivity contribution < 1.29 is 4.79 Å². The van der Waals surface area contributed by atoms with Crippen molar-refractivity contribution in [2.45, 2.75) is 39.3 Å². The molecule has 0 spiro atoms. The molecule has 5 heteroatoms. The maximum atomic E-state index is 12.3. The number of terminal acetylenes is 1. The Morgan fingerprint density at radius 1 is 1.36 bits per heavy atom. The lowest BCUT2D eigenvalue weighted by Gasteiger charge is -2.10. The summed E-state index contributed by atoms with van der Waals surface area (Å²) in [7, 11) is 0. The number of amides is 1. The number of fused-ring (bicyclic) bond motifs is 1. The second-order valence-corrected chi connectivity index (χ2v) is 5.04. The zero-order valence-corrected chi connectivity index (χ0v) is 12.6. The molecule has 0 saturated carbocycles. The van der Waals surface area contributed by atoms with Crippen molar-refractivity contribution in [1.29, 1.82) is 0 Å². The van der Waals surface area contributed by atoms with Gasteiger partial charge in [0.1, 0.15) is 6.54 Å². The summed E-state index contributed by atoms with van der Waals surface area (Å²) in [6.07, 6.45) is 7.61. The van der Waals surface area contributed by atoms with Crippen LogP contribution in [-0.2, 0) is 17.9 Å². The Morgan fingerprint density at radius 3 is 2.77 bits per heavy atom. The number of benzene rings is 1. The molecule has 114 valence electrons. The Hall–Kier alpha value is -2.61. The van der Waals surface area contributed by atoms with E-state index in [-0.39, 0.29) is 24.6 Å². The van der Waals surface area contributed by atoms with Gasteiger partial charge in [0.05, 0.1) is 17.6 Å². The van der Waals surface area contributed by atoms with Gasteiger partial charge in [-0.3, -0.25) is 9.59 Å². The Morgan fingerprint density at radius 2 is 2.09 bits per heavy atom. The molecule has 0 atom stereocenters. The fourth-order valence-corrected chi connectivity index (χ4v) is 2.24. The van der Waals surface area contributed by atoms with Crippen LogP contribution in [0.25, 0.3) is 10.8 Å². The van der Waals surface area contributed by atoms with Crippen LogP contribution in [0.1, 0.15) is 31.9 Å². The molecule has 1 heterocycles. The van der Waals surface area contributed by atoms with Gasteiger partial charge in [0, 0.05) is 11.8 Å². The lowest BCUT2D eigenvalue weighted by atomic mass is 10.1. The summed E-state index contributed by atoms with van der Waals surface area (Å²) in [5, 5.41) is 8.44. The first kappa shape index (κ1) is 15.8. The van der Waals surface area contributed by atoms with E-state index < -0.39 is 0 Å². The van der Waals surface area contributed by atoms with Crippen molar-refractivity contribution in [2.24, 2.45) is 0 Å². The Balaban J connectivity index is 2.32. The molecular formula is C17H19N3O2. The largest absolute Gasteiger partial charge is 0.350 e. The highest BCUT2D eigenvalue weighted by Crippen LogP contribution is 2.13. The van der Waals surface area contributed by atoms with Gasteiger partial charge in [-0.1, -0.05) is 37.5 Å². The second-order valence-electron chi connectivity index (χ2n) is 5.04. The van der Waals surface area contributed by atoms with Crippen molar-refractivity contribution in [3.8, 4) is 12.3 Å². The van der Waals surface area contributed by atoms with Crippen LogP contribution in [-0.4, -0.2) is 15.7 Å². The number of carbonyl (C=O) groups excluding carboxylic acids is 1. The number of unbranched alkanes of at least 4 members (excludes halogenated alkanes) is 1. The number of rotatable bonds is 6. The van der Waals surface area contributed by atoms with Crippen LogP contribution in [0.15, 0.2) is 29.1 Å². The van der Waals surface area contributed by atoms with Gasteiger partial charge in [-0.05, 0) is 12.5 Å². The molecule has 2 aromatic rings. The van der Waals surface area contributed by atoms with Crippen molar-refractivity contribution in [3.63, 3.8) is 0 Å². The van der Waals surface area contributed by atoms with Gasteiger partial charge in [-0.25, -0.2) is 4.68 Å². The summed E-state index contributed by atoms with van der Waals surface area (Å²) >= 11 is 0. The first-order valence-corrected chi connectivity index (χ1v) is 7.36. The van der Waals surface area contributed by atoms with Crippen LogP contribution < -0.4 is 10.9 Å². The van der Waals surface area contributed by atoms with E-state index >= 15 is 0 Å². The number of nitrogens with zero attached hydrogens (tertiary/aromatic N) is 2. The van der Waals surface area contributed by atoms with Crippen LogP contribution in [0.2, 0.25) is 0 Å². The molecule has 1 N–H and O–H groups in total. The van der Waals surface area contributed by atoms with Crippen LogP contribution in [0.4, 0.5) is 0 Å². The van der Waals surface area contributed by atoms with E-state index in [4.69, 9.17) is 6.42 Å². The van der Waals surface area contributed by atoms with Crippen molar-refractivity contribution >= 4 is 16.7 Å². The van der Waals surface area contributed by atoms with Gasteiger partial charge in [-0.2, -0.15) is 5.10 Å². The third kappa shape index (κ3) is 3.53. The van der Waals surface area contributed by atoms with Gasteiger partial charge >= 0.3 is 0 Å². The highest BCUT2D eigenvalue weighted by Gasteiger charge is 2.10. The third-order valence-electron chi connectivity index (χ3n) is 3.40. The average molecular weight is 297 g/mol. The molecule has 5 nitrogen and oxygen atoms in total. The smallest absolute Gasteiger partial charge is 0.275 e. The Bertz CT molecular complexity index is 772. The molecule has 1 amide bonds. The van der Waals surface area contributed by atoms with E-state index in [1.165, 1.54) is 4.68 Å². The molecular weight excluding hydrogens is 278 g/mol. The molecule has 1 aromatic carbocycles. The van der Waals surface area contributed by atoms with Crippen LogP contribution in [0, 0.1) is 12.3 Å². The molecule has 1 aromatic heterocycles. The molecule has 0 saturated heterocycles. The number of hydrogen-bond acceptors (Lipinski definition) is 3. The molecule has 0 fully saturated rings. The molecule has 0 radical (unpaired) electrons. The van der Waals surface area contributed by atoms with Gasteiger partial charge in [0.15, 0.2) is 0 Å². The molecule has 0 bridgehead atoms. The minimum Gasteiger partial charge on any atom is -0.350 e. The first-order valence-electron chi connectivity index (χ1n) is 7.36. The average Bonchev–Trinajstić information content (AvgIpc) is 2.54. The quantitative estimate of drug-likeness (QED) is 0.827. The Kier molecular flexibility index (Phi) is 5.31. The maximum absolute atomic E-state index is 12.3. The van der Waals surface area contributed by atoms with Gasteiger partial charge in [0.2, 0.25) is 5.91 Å². The van der Waals surface area contributed by atoms with Crippen LogP contribution in [0.5, 0.6) is 0 Å². The highest BCUT2D eigenvalue weighted by molar-refractivity contribution is 5.84. The predicted molar refractivity (Wildman–Crippen MR) is 86.2 cm³/mol. The third-order valence-corrected chi connectivity index (χ3v) is 3.40. The fourth-order valence-electron chi connectivity index (χ4n) is 2.24. The minimum absolute atomic E-state index is 0.0116. The zero-order chi connectivity index (χ0) is 15.9. The van der Waals surface area contributed by atoms with Crippen molar-refractivity contribution in [2.75, 3.05) is 0 Å². The maximum Gasteiger partial charge on any atom is 0.275 e. The topological polar surface area (TPSA) is 64.0 Å². The van der Waals surface area contributed by atoms with Crippen molar-refractivity contribution in [3.05, 3.63) is 40.3 Å². The van der Waals surface area contributed by atoms with Gasteiger partial charge in [-0.15, -0.1) is 6.42 Å². The number of nitrogens with one attached hydrogen (secondary N) is 1. The molecule has 0 unspecified atom stereocenters. The van der Waals surface area contributed by atoms with Crippen LogP contribution >= 0.6 is 0 Å². The normalized spacial score (nSPS) is 10.4. The molecule has 22 heavy (non-hydrogen) atoms. The van der Waals surface area contributed by atoms with E-state index in [1.807, 2.05) is 19.1 Å². The molecule has 0 aliphatic heterocycles. The molecule has 0 aliphatic rings. The second kappa shape index (κ2) is 7.41. The molecule has 2 rings (SSSR count). The van der Waals surface area contributed by atoms with E-state index in [0.717, 1.165) is 18.2 Å². The van der Waals surface area contributed by atoms with Crippen LogP contribution in [0.3, 0.4) is 0 Å². The Labute approximate surface area is 129 Å². The first-order chi connectivity index (χ1) is 10.7. The van der Waals surface area contributed by atoms with E-state index in [2.05, 4.69) is 16.3 Å². The van der Waals surface area contributed by atoms with Gasteiger partial charge < -0.3 is 5.32 Å². The van der Waals surface area contributed by atoms with Gasteiger partial charge in [0.25, 0.3) is 5.56 Å². The lowest BCUT2D eigenvalue weighted by molar-refractivity contribution is -0.121. The lowest BCUT2D eigenvalue weighted by Crippen LogP contribution is -2.28. The number of hydrogen-bond donors (Lipinski definition) is 1. The summed E-state index contributed by atoms with van der Waals surface area (Å²) in [4.78, 5) is 24.0. The fraction of sp³-hybridized carbons (Fsp3) is 0.353. The zero-order valence-electron chi connectivity index (χ0n) is 12.6. The van der Waals surface area contributed by atoms with E-state index in [0.29, 0.717) is 17.5 Å². The highest BCUT2D eigenvalue weighted by atomic mass is 16.1. The summed E-state index contributed by atoms with van der Waals surface area (Å²) < 4.78 is 1.26. The standard InChI is InChI=1S/C17H19N3O2/c1-3-5-10-16(21)18-12-15-13-8-6-7-9-14(13)17(22)20(19-15)11-4-2/h2,6-9H,3,5,10-12H2,1H3,(H,18,21). The monoisotopic (exact) mass is 297 g/mol. The summed E-state index contributed by atoms with van der Waals surface area (Å²) in [5.74, 6) is 2.41. The molecule has 0 aliphatic carbocycles.